The van der Waals surface area contributed by atoms with Gasteiger partial charge < -0.3 is 15.4 Å². The number of carbonyl (C=O) groups excluding carboxylic acids is 1. The Morgan fingerprint density at radius 1 is 1.20 bits per heavy atom. The predicted molar refractivity (Wildman–Crippen MR) is 115 cm³/mol. The first-order chi connectivity index (χ1) is 14.5. The highest BCUT2D eigenvalue weighted by molar-refractivity contribution is 8.01. The largest absolute Gasteiger partial charge is 0.379 e. The van der Waals surface area contributed by atoms with Crippen LogP contribution in [0, 0.1) is 0 Å². The van der Waals surface area contributed by atoms with Crippen LogP contribution in [0.4, 0.5) is 5.13 Å². The molecular weight excluding hydrogens is 446 g/mol. The maximum Gasteiger partial charge on any atom is 0.243 e. The second-order valence-electron chi connectivity index (χ2n) is 7.02. The van der Waals surface area contributed by atoms with Gasteiger partial charge in [-0.2, -0.15) is 4.31 Å². The Hall–Kier alpha value is -1.73. The van der Waals surface area contributed by atoms with Gasteiger partial charge in [-0.25, -0.2) is 8.42 Å². The third kappa shape index (κ3) is 5.70. The van der Waals surface area contributed by atoms with Crippen LogP contribution in [0.5, 0.6) is 0 Å². The van der Waals surface area contributed by atoms with Gasteiger partial charge in [0.05, 0.1) is 23.9 Å². The van der Waals surface area contributed by atoms with Crippen LogP contribution >= 0.6 is 23.1 Å². The van der Waals surface area contributed by atoms with E-state index in [1.807, 2.05) is 0 Å². The molecule has 9 nitrogen and oxygen atoms in total. The van der Waals surface area contributed by atoms with Gasteiger partial charge in [-0.05, 0) is 30.5 Å². The fourth-order valence-electron chi connectivity index (χ4n) is 2.82. The van der Waals surface area contributed by atoms with E-state index in [0.717, 1.165) is 15.0 Å². The van der Waals surface area contributed by atoms with Gasteiger partial charge in [0.15, 0.2) is 4.34 Å². The van der Waals surface area contributed by atoms with Gasteiger partial charge in [0.25, 0.3) is 0 Å². The maximum atomic E-state index is 12.6. The van der Waals surface area contributed by atoms with Crippen molar-refractivity contribution in [2.75, 3.05) is 37.4 Å². The molecule has 12 heteroatoms. The molecule has 2 aromatic rings. The summed E-state index contributed by atoms with van der Waals surface area (Å²) in [5.41, 5.74) is 0.834. The summed E-state index contributed by atoms with van der Waals surface area (Å²) >= 11 is 2.81. The second kappa shape index (κ2) is 9.60. The monoisotopic (exact) mass is 469 g/mol. The van der Waals surface area contributed by atoms with Crippen LogP contribution in [0.25, 0.3) is 0 Å². The number of nitrogens with one attached hydrogen (secondary N) is 2. The standard InChI is InChI=1S/C18H23N5O4S3/c24-16(12-28-18-22-21-17(29-18)20-14-3-4-14)19-11-13-1-5-15(6-2-13)30(25,26)23-7-9-27-10-8-23/h1-2,5-6,14H,3-4,7-12H2,(H,19,24)(H,20,21). The third-order valence-corrected chi connectivity index (χ3v) is 8.56. The average molecular weight is 470 g/mol. The molecule has 0 bridgehead atoms. The number of hydrogen-bond acceptors (Lipinski definition) is 9. The molecule has 2 heterocycles. The lowest BCUT2D eigenvalue weighted by molar-refractivity contribution is -0.118. The Bertz CT molecular complexity index is 970. The normalized spacial score (nSPS) is 17.6. The van der Waals surface area contributed by atoms with Crippen LogP contribution in [-0.2, 0) is 26.1 Å². The smallest absolute Gasteiger partial charge is 0.243 e. The summed E-state index contributed by atoms with van der Waals surface area (Å²) in [4.78, 5) is 12.4. The van der Waals surface area contributed by atoms with Crippen LogP contribution < -0.4 is 10.6 Å². The number of nitrogens with zero attached hydrogens (tertiary/aromatic N) is 3. The molecule has 2 fully saturated rings. The molecule has 1 aromatic carbocycles. The zero-order valence-corrected chi connectivity index (χ0v) is 18.7. The molecule has 2 aliphatic rings. The summed E-state index contributed by atoms with van der Waals surface area (Å²) in [5, 5.41) is 15.1. The van der Waals surface area contributed by atoms with Crippen molar-refractivity contribution < 1.29 is 17.9 Å². The van der Waals surface area contributed by atoms with Crippen LogP contribution in [0.3, 0.4) is 0 Å². The van der Waals surface area contributed by atoms with Gasteiger partial charge in [0, 0.05) is 25.7 Å². The Balaban J connectivity index is 1.23. The van der Waals surface area contributed by atoms with Crippen molar-refractivity contribution in [2.45, 2.75) is 34.7 Å². The number of benzene rings is 1. The number of ether oxygens (including phenoxy) is 1. The van der Waals surface area contributed by atoms with Crippen molar-refractivity contribution >= 4 is 44.2 Å². The summed E-state index contributed by atoms with van der Waals surface area (Å²) in [5.74, 6) is 0.138. The van der Waals surface area contributed by atoms with E-state index in [4.69, 9.17) is 4.74 Å². The number of amides is 1. The van der Waals surface area contributed by atoms with Gasteiger partial charge in [-0.3, -0.25) is 4.79 Å². The second-order valence-corrected chi connectivity index (χ2v) is 11.2. The van der Waals surface area contributed by atoms with E-state index in [9.17, 15) is 13.2 Å². The van der Waals surface area contributed by atoms with Gasteiger partial charge in [-0.1, -0.05) is 35.2 Å². The summed E-state index contributed by atoms with van der Waals surface area (Å²) < 4.78 is 32.7. The Kier molecular flexibility index (Phi) is 6.88. The Labute approximate surface area is 183 Å². The highest BCUT2D eigenvalue weighted by Crippen LogP contribution is 2.30. The van der Waals surface area contributed by atoms with Gasteiger partial charge >= 0.3 is 0 Å². The van der Waals surface area contributed by atoms with Crippen molar-refractivity contribution in [3.05, 3.63) is 29.8 Å². The first-order valence-corrected chi connectivity index (χ1v) is 12.9. The third-order valence-electron chi connectivity index (χ3n) is 4.66. The number of morpholine rings is 1. The number of carbonyl (C=O) groups is 1. The lowest BCUT2D eigenvalue weighted by Gasteiger charge is -2.26. The molecule has 2 N–H and O–H groups in total. The van der Waals surface area contributed by atoms with Crippen molar-refractivity contribution in [2.24, 2.45) is 0 Å². The molecule has 1 saturated carbocycles. The summed E-state index contributed by atoms with van der Waals surface area (Å²) in [6.07, 6.45) is 2.34. The minimum atomic E-state index is -3.51. The Morgan fingerprint density at radius 3 is 2.63 bits per heavy atom. The maximum absolute atomic E-state index is 12.6. The highest BCUT2D eigenvalue weighted by atomic mass is 32.2. The minimum absolute atomic E-state index is 0.114. The first kappa shape index (κ1) is 21.5. The van der Waals surface area contributed by atoms with Crippen molar-refractivity contribution in [1.29, 1.82) is 0 Å². The fourth-order valence-corrected chi connectivity index (χ4v) is 5.89. The lowest BCUT2D eigenvalue weighted by atomic mass is 10.2. The highest BCUT2D eigenvalue weighted by Gasteiger charge is 2.26. The molecular formula is C18H23N5O4S3. The van der Waals surface area contributed by atoms with Crippen molar-refractivity contribution in [3.8, 4) is 0 Å². The number of sulfonamides is 1. The van der Waals surface area contributed by atoms with E-state index in [1.54, 1.807) is 24.3 Å². The number of rotatable bonds is 9. The summed E-state index contributed by atoms with van der Waals surface area (Å²) in [7, 11) is -3.51. The van der Waals surface area contributed by atoms with Crippen molar-refractivity contribution in [1.82, 2.24) is 19.8 Å². The number of aromatic nitrogens is 2. The lowest BCUT2D eigenvalue weighted by Crippen LogP contribution is -2.40. The topological polar surface area (TPSA) is 114 Å². The van der Waals surface area contributed by atoms with E-state index >= 15 is 0 Å². The molecule has 1 aromatic heterocycles. The zero-order chi connectivity index (χ0) is 21.0. The molecule has 30 heavy (non-hydrogen) atoms. The quantitative estimate of drug-likeness (QED) is 0.532. The molecule has 0 atom stereocenters. The van der Waals surface area contributed by atoms with E-state index in [-0.39, 0.29) is 16.6 Å². The van der Waals surface area contributed by atoms with Crippen LogP contribution in [-0.4, -0.2) is 66.9 Å². The van der Waals surface area contributed by atoms with Gasteiger partial charge in [0.1, 0.15) is 0 Å². The summed E-state index contributed by atoms with van der Waals surface area (Å²) in [6.45, 7) is 1.89. The number of hydrogen-bond donors (Lipinski definition) is 2. The molecule has 1 aliphatic carbocycles. The molecule has 0 spiro atoms. The molecule has 1 amide bonds. The minimum Gasteiger partial charge on any atom is -0.379 e. The average Bonchev–Trinajstić information content (AvgIpc) is 3.47. The predicted octanol–water partition coefficient (Wildman–Crippen LogP) is 1.54. The molecule has 162 valence electrons. The Morgan fingerprint density at radius 2 is 1.93 bits per heavy atom. The van der Waals surface area contributed by atoms with Crippen LogP contribution in [0.1, 0.15) is 18.4 Å². The molecule has 0 radical (unpaired) electrons. The SMILES string of the molecule is O=C(CSc1nnc(NC2CC2)s1)NCc1ccc(S(=O)(=O)N2CCOCC2)cc1. The van der Waals surface area contributed by atoms with E-state index in [0.29, 0.717) is 38.9 Å². The molecule has 1 aliphatic heterocycles. The van der Waals surface area contributed by atoms with E-state index < -0.39 is 10.0 Å². The molecule has 4 rings (SSSR count). The first-order valence-electron chi connectivity index (χ1n) is 9.67. The molecule has 1 saturated heterocycles. The van der Waals surface area contributed by atoms with Crippen LogP contribution in [0.15, 0.2) is 33.5 Å². The molecule has 0 unspecified atom stereocenters. The number of anilines is 1. The fraction of sp³-hybridized carbons (Fsp3) is 0.500. The number of thioether (sulfide) groups is 1. The van der Waals surface area contributed by atoms with Crippen LogP contribution in [0.2, 0.25) is 0 Å². The van der Waals surface area contributed by atoms with E-state index in [1.165, 1.54) is 40.2 Å². The zero-order valence-electron chi connectivity index (χ0n) is 16.2. The van der Waals surface area contributed by atoms with Gasteiger partial charge in [0.2, 0.25) is 21.1 Å². The van der Waals surface area contributed by atoms with Gasteiger partial charge in [-0.15, -0.1) is 10.2 Å². The summed E-state index contributed by atoms with van der Waals surface area (Å²) in [6, 6.07) is 7.13. The van der Waals surface area contributed by atoms with Crippen molar-refractivity contribution in [3.63, 3.8) is 0 Å². The van der Waals surface area contributed by atoms with E-state index in [2.05, 4.69) is 20.8 Å².